The Hall–Kier alpha value is -0.590. The van der Waals surface area contributed by atoms with Crippen LogP contribution in [-0.4, -0.2) is 5.78 Å². The lowest BCUT2D eigenvalue weighted by Crippen LogP contribution is -2.49. The monoisotopic (exact) mass is 300 g/mol. The number of fused-ring (bicyclic) bond motifs is 5. The van der Waals surface area contributed by atoms with Gasteiger partial charge in [0.2, 0.25) is 0 Å². The van der Waals surface area contributed by atoms with Gasteiger partial charge in [0, 0.05) is 12.8 Å². The standard InChI is InChI=1S/C21H32O/c1-19(2)10-8-18-16-6-5-14-13-15(22)7-11-20(14,3)17(16)9-12-21(18,19)4/h9,14,16,18H,5-8,10-13H2,1-4H3. The first kappa shape index (κ1) is 15.0. The molecule has 5 unspecified atom stereocenters. The number of ketones is 1. The van der Waals surface area contributed by atoms with Gasteiger partial charge in [0.25, 0.3) is 0 Å². The van der Waals surface area contributed by atoms with Crippen molar-refractivity contribution in [1.82, 2.24) is 0 Å². The lowest BCUT2D eigenvalue weighted by Gasteiger charge is -2.57. The smallest absolute Gasteiger partial charge is 0.133 e. The molecule has 0 aromatic heterocycles. The normalized spacial score (nSPS) is 49.9. The summed E-state index contributed by atoms with van der Waals surface area (Å²) in [6, 6.07) is 0. The Morgan fingerprint density at radius 2 is 1.82 bits per heavy atom. The number of allylic oxidation sites excluding steroid dienone is 2. The van der Waals surface area contributed by atoms with Crippen molar-refractivity contribution in [3.8, 4) is 0 Å². The van der Waals surface area contributed by atoms with Crippen molar-refractivity contribution in [1.29, 1.82) is 0 Å². The minimum atomic E-state index is 0.338. The highest BCUT2D eigenvalue weighted by atomic mass is 16.1. The van der Waals surface area contributed by atoms with Crippen molar-refractivity contribution >= 4 is 5.78 Å². The van der Waals surface area contributed by atoms with Crippen LogP contribution in [-0.2, 0) is 4.79 Å². The number of hydrogen-bond acceptors (Lipinski definition) is 1. The zero-order valence-electron chi connectivity index (χ0n) is 14.9. The molecule has 3 fully saturated rings. The fraction of sp³-hybridized carbons (Fsp3) is 0.857. The molecule has 3 saturated carbocycles. The molecule has 0 aliphatic heterocycles. The maximum Gasteiger partial charge on any atom is 0.133 e. The summed E-state index contributed by atoms with van der Waals surface area (Å²) in [5.41, 5.74) is 3.09. The predicted octanol–water partition coefficient (Wildman–Crippen LogP) is 5.54. The zero-order chi connectivity index (χ0) is 15.8. The molecular weight excluding hydrogens is 268 g/mol. The van der Waals surface area contributed by atoms with Gasteiger partial charge in [-0.2, -0.15) is 0 Å². The second-order valence-electron chi connectivity index (χ2n) is 9.85. The van der Waals surface area contributed by atoms with Crippen LogP contribution >= 0.6 is 0 Å². The molecule has 4 aliphatic rings. The SMILES string of the molecule is CC12CCC(=O)CC1CCC1C2=CCC2(C)C1CCC2(C)C. The molecule has 4 rings (SSSR count). The number of carbonyl (C=O) groups excluding carboxylic acids is 1. The van der Waals surface area contributed by atoms with Gasteiger partial charge < -0.3 is 0 Å². The lowest BCUT2D eigenvalue weighted by atomic mass is 9.48. The molecule has 0 bridgehead atoms. The molecule has 0 aromatic carbocycles. The topological polar surface area (TPSA) is 17.1 Å². The molecule has 1 heteroatoms. The van der Waals surface area contributed by atoms with Crippen molar-refractivity contribution in [3.05, 3.63) is 11.6 Å². The Bertz CT molecular complexity index is 542. The second-order valence-corrected chi connectivity index (χ2v) is 9.85. The Morgan fingerprint density at radius 3 is 2.59 bits per heavy atom. The van der Waals surface area contributed by atoms with E-state index in [2.05, 4.69) is 33.8 Å². The van der Waals surface area contributed by atoms with Crippen LogP contribution in [0.4, 0.5) is 0 Å². The first-order chi connectivity index (χ1) is 10.3. The summed E-state index contributed by atoms with van der Waals surface area (Å²) in [6.07, 6.45) is 12.2. The molecule has 0 N–H and O–H groups in total. The van der Waals surface area contributed by atoms with E-state index in [9.17, 15) is 4.79 Å². The molecule has 0 amide bonds. The minimum absolute atomic E-state index is 0.338. The summed E-state index contributed by atoms with van der Waals surface area (Å²) in [4.78, 5) is 11.9. The van der Waals surface area contributed by atoms with Gasteiger partial charge in [-0.05, 0) is 72.5 Å². The van der Waals surface area contributed by atoms with Crippen molar-refractivity contribution in [3.63, 3.8) is 0 Å². The number of carbonyl (C=O) groups is 1. The first-order valence-corrected chi connectivity index (χ1v) is 9.50. The highest BCUT2D eigenvalue weighted by Crippen LogP contribution is 2.68. The predicted molar refractivity (Wildman–Crippen MR) is 90.5 cm³/mol. The molecule has 0 radical (unpaired) electrons. The van der Waals surface area contributed by atoms with Crippen LogP contribution in [0.3, 0.4) is 0 Å². The van der Waals surface area contributed by atoms with Crippen LogP contribution in [0, 0.1) is 34.0 Å². The third-order valence-electron chi connectivity index (χ3n) is 8.86. The number of hydrogen-bond donors (Lipinski definition) is 0. The molecule has 0 heterocycles. The summed E-state index contributed by atoms with van der Waals surface area (Å²) in [5.74, 6) is 2.85. The largest absolute Gasteiger partial charge is 0.300 e. The number of rotatable bonds is 0. The Balaban J connectivity index is 1.72. The second kappa shape index (κ2) is 4.48. The lowest BCUT2D eigenvalue weighted by molar-refractivity contribution is -0.125. The van der Waals surface area contributed by atoms with E-state index in [1.807, 2.05) is 0 Å². The molecule has 4 aliphatic carbocycles. The van der Waals surface area contributed by atoms with Crippen molar-refractivity contribution in [2.75, 3.05) is 0 Å². The molecule has 122 valence electrons. The fourth-order valence-corrected chi connectivity index (χ4v) is 6.79. The van der Waals surface area contributed by atoms with Crippen LogP contribution in [0.2, 0.25) is 0 Å². The molecule has 0 spiro atoms. The highest BCUT2D eigenvalue weighted by Gasteiger charge is 2.59. The van der Waals surface area contributed by atoms with Crippen LogP contribution in [0.15, 0.2) is 11.6 Å². The van der Waals surface area contributed by atoms with E-state index in [-0.39, 0.29) is 0 Å². The van der Waals surface area contributed by atoms with E-state index in [0.29, 0.717) is 27.9 Å². The van der Waals surface area contributed by atoms with Crippen LogP contribution in [0.25, 0.3) is 0 Å². The van der Waals surface area contributed by atoms with Gasteiger partial charge in [-0.3, -0.25) is 4.79 Å². The molecule has 5 atom stereocenters. The van der Waals surface area contributed by atoms with Gasteiger partial charge in [-0.15, -0.1) is 0 Å². The van der Waals surface area contributed by atoms with Crippen molar-refractivity contribution in [2.24, 2.45) is 34.0 Å². The fourth-order valence-electron chi connectivity index (χ4n) is 6.79. The van der Waals surface area contributed by atoms with E-state index in [1.54, 1.807) is 5.57 Å². The quantitative estimate of drug-likeness (QED) is 0.536. The van der Waals surface area contributed by atoms with E-state index in [0.717, 1.165) is 31.1 Å². The number of Topliss-reactive ketones (excluding diaryl/α,β-unsaturated/α-hetero) is 1. The van der Waals surface area contributed by atoms with Crippen LogP contribution in [0.5, 0.6) is 0 Å². The highest BCUT2D eigenvalue weighted by molar-refractivity contribution is 5.80. The van der Waals surface area contributed by atoms with Crippen molar-refractivity contribution in [2.45, 2.75) is 79.1 Å². The molecular formula is C21H32O. The Labute approximate surface area is 135 Å². The zero-order valence-corrected chi connectivity index (χ0v) is 14.9. The van der Waals surface area contributed by atoms with E-state index < -0.39 is 0 Å². The van der Waals surface area contributed by atoms with E-state index in [1.165, 1.54) is 32.1 Å². The minimum Gasteiger partial charge on any atom is -0.300 e. The molecule has 1 nitrogen and oxygen atoms in total. The Morgan fingerprint density at radius 1 is 1.05 bits per heavy atom. The average Bonchev–Trinajstić information content (AvgIpc) is 2.70. The summed E-state index contributed by atoms with van der Waals surface area (Å²) in [5, 5.41) is 0. The summed E-state index contributed by atoms with van der Waals surface area (Å²) in [6.45, 7) is 10.1. The third kappa shape index (κ3) is 1.74. The maximum atomic E-state index is 11.9. The molecule has 0 aromatic rings. The van der Waals surface area contributed by atoms with E-state index in [4.69, 9.17) is 0 Å². The Kier molecular flexibility index (Phi) is 3.05. The van der Waals surface area contributed by atoms with Gasteiger partial charge in [-0.1, -0.05) is 39.3 Å². The van der Waals surface area contributed by atoms with Crippen LogP contribution in [0.1, 0.15) is 79.1 Å². The van der Waals surface area contributed by atoms with E-state index >= 15 is 0 Å². The first-order valence-electron chi connectivity index (χ1n) is 9.50. The maximum absolute atomic E-state index is 11.9. The molecule has 22 heavy (non-hydrogen) atoms. The summed E-state index contributed by atoms with van der Waals surface area (Å²) >= 11 is 0. The summed E-state index contributed by atoms with van der Waals surface area (Å²) < 4.78 is 0. The van der Waals surface area contributed by atoms with Crippen LogP contribution < -0.4 is 0 Å². The average molecular weight is 300 g/mol. The van der Waals surface area contributed by atoms with Gasteiger partial charge in [0.1, 0.15) is 5.78 Å². The van der Waals surface area contributed by atoms with Crippen molar-refractivity contribution < 1.29 is 4.79 Å². The van der Waals surface area contributed by atoms with Gasteiger partial charge in [0.15, 0.2) is 0 Å². The third-order valence-corrected chi connectivity index (χ3v) is 8.86. The van der Waals surface area contributed by atoms with Gasteiger partial charge >= 0.3 is 0 Å². The van der Waals surface area contributed by atoms with Gasteiger partial charge in [0.05, 0.1) is 0 Å². The molecule has 0 saturated heterocycles. The summed E-state index contributed by atoms with van der Waals surface area (Å²) in [7, 11) is 0. The van der Waals surface area contributed by atoms with Gasteiger partial charge in [-0.25, -0.2) is 0 Å².